The Bertz CT molecular complexity index is 1180. The number of nitrogens with zero attached hydrogens (tertiary/aromatic N) is 2. The zero-order valence-electron chi connectivity index (χ0n) is 14.7. The second kappa shape index (κ2) is 6.38. The van der Waals surface area contributed by atoms with E-state index in [0.29, 0.717) is 11.4 Å². The first-order valence-electron chi connectivity index (χ1n) is 8.64. The number of oxazole rings is 1. The van der Waals surface area contributed by atoms with Gasteiger partial charge in [0, 0.05) is 6.07 Å². The molecular weight excluding hydrogens is 366 g/mol. The second-order valence-electron chi connectivity index (χ2n) is 6.77. The molecule has 0 bridgehead atoms. The standard InChI is InChI=1S/C19H19N3O4S/c1-12(20)21-27(24,25)15-9-10-16-17(11-15)26-19(23)22(16)18(14-7-8-14)13-5-3-2-4-6-13/h2-6,9-11,14,18H,7-8H2,1H3,(H2,20,21). The summed E-state index contributed by atoms with van der Waals surface area (Å²) >= 11 is 0. The third-order valence-corrected chi connectivity index (χ3v) is 6.01. The molecule has 0 saturated heterocycles. The van der Waals surface area contributed by atoms with Gasteiger partial charge in [0.1, 0.15) is 5.84 Å². The summed E-state index contributed by atoms with van der Waals surface area (Å²) in [5, 5.41) is 0. The molecule has 1 aliphatic rings. The van der Waals surface area contributed by atoms with Crippen LogP contribution in [0.1, 0.15) is 31.4 Å². The lowest BCUT2D eigenvalue weighted by atomic mass is 10.0. The van der Waals surface area contributed by atoms with Gasteiger partial charge in [-0.05, 0) is 43.4 Å². The van der Waals surface area contributed by atoms with Gasteiger partial charge in [-0.1, -0.05) is 30.3 Å². The third kappa shape index (κ3) is 3.28. The highest BCUT2D eigenvalue weighted by molar-refractivity contribution is 7.90. The zero-order chi connectivity index (χ0) is 19.2. The quantitative estimate of drug-likeness (QED) is 0.537. The van der Waals surface area contributed by atoms with Gasteiger partial charge in [-0.3, -0.25) is 4.57 Å². The van der Waals surface area contributed by atoms with E-state index in [-0.39, 0.29) is 22.4 Å². The molecule has 1 heterocycles. The highest BCUT2D eigenvalue weighted by Gasteiger charge is 2.36. The molecule has 1 aliphatic carbocycles. The van der Waals surface area contributed by atoms with Gasteiger partial charge >= 0.3 is 5.76 Å². The minimum absolute atomic E-state index is 0.0630. The Morgan fingerprint density at radius 3 is 2.56 bits per heavy atom. The number of hydrogen-bond acceptors (Lipinski definition) is 4. The third-order valence-electron chi connectivity index (χ3n) is 4.63. The van der Waals surface area contributed by atoms with E-state index in [2.05, 4.69) is 4.40 Å². The fraction of sp³-hybridized carbons (Fsp3) is 0.263. The number of hydrogen-bond donors (Lipinski definition) is 1. The van der Waals surface area contributed by atoms with Crippen LogP contribution < -0.4 is 11.5 Å². The van der Waals surface area contributed by atoms with Crippen molar-refractivity contribution in [2.45, 2.75) is 30.7 Å². The van der Waals surface area contributed by atoms with Crippen molar-refractivity contribution in [3.05, 3.63) is 64.6 Å². The average molecular weight is 385 g/mol. The van der Waals surface area contributed by atoms with Gasteiger partial charge in [0.2, 0.25) is 0 Å². The van der Waals surface area contributed by atoms with Crippen molar-refractivity contribution in [2.75, 3.05) is 0 Å². The smallest absolute Gasteiger partial charge is 0.408 e. The number of benzene rings is 2. The van der Waals surface area contributed by atoms with E-state index in [4.69, 9.17) is 10.2 Å². The summed E-state index contributed by atoms with van der Waals surface area (Å²) in [7, 11) is -3.94. The van der Waals surface area contributed by atoms with Crippen molar-refractivity contribution in [3.63, 3.8) is 0 Å². The number of nitrogens with two attached hydrogens (primary N) is 1. The van der Waals surface area contributed by atoms with Gasteiger partial charge in [-0.15, -0.1) is 4.40 Å². The molecule has 3 aromatic rings. The molecule has 1 saturated carbocycles. The summed E-state index contributed by atoms with van der Waals surface area (Å²) in [4.78, 5) is 12.6. The van der Waals surface area contributed by atoms with Gasteiger partial charge in [0.15, 0.2) is 5.58 Å². The molecule has 0 spiro atoms. The molecule has 0 radical (unpaired) electrons. The van der Waals surface area contributed by atoms with Gasteiger partial charge in [-0.2, -0.15) is 8.42 Å². The summed E-state index contributed by atoms with van der Waals surface area (Å²) in [6.07, 6.45) is 2.07. The van der Waals surface area contributed by atoms with Crippen LogP contribution in [0.4, 0.5) is 0 Å². The Hall–Kier alpha value is -2.87. The largest absolute Gasteiger partial charge is 0.420 e. The van der Waals surface area contributed by atoms with Crippen molar-refractivity contribution in [1.82, 2.24) is 4.57 Å². The van der Waals surface area contributed by atoms with E-state index < -0.39 is 15.8 Å². The molecule has 8 heteroatoms. The minimum Gasteiger partial charge on any atom is -0.408 e. The molecular formula is C19H19N3O4S. The molecule has 27 heavy (non-hydrogen) atoms. The lowest BCUT2D eigenvalue weighted by molar-refractivity contribution is 0.448. The number of amidine groups is 1. The zero-order valence-corrected chi connectivity index (χ0v) is 15.5. The summed E-state index contributed by atoms with van der Waals surface area (Å²) in [5.41, 5.74) is 7.21. The van der Waals surface area contributed by atoms with Gasteiger partial charge < -0.3 is 10.2 Å². The van der Waals surface area contributed by atoms with Crippen molar-refractivity contribution >= 4 is 27.0 Å². The predicted octanol–water partition coefficient (Wildman–Crippen LogP) is 2.66. The summed E-state index contributed by atoms with van der Waals surface area (Å²) in [6, 6.07) is 14.0. The maximum absolute atomic E-state index is 12.6. The lowest BCUT2D eigenvalue weighted by Gasteiger charge is -2.18. The number of rotatable bonds is 5. The van der Waals surface area contributed by atoms with Crippen LogP contribution in [-0.2, 0) is 10.0 Å². The van der Waals surface area contributed by atoms with Crippen LogP contribution in [0.25, 0.3) is 11.1 Å². The molecule has 1 atom stereocenters. The van der Waals surface area contributed by atoms with E-state index in [1.165, 1.54) is 19.1 Å². The van der Waals surface area contributed by atoms with Crippen LogP contribution in [0.3, 0.4) is 0 Å². The molecule has 1 aromatic heterocycles. The van der Waals surface area contributed by atoms with Crippen molar-refractivity contribution < 1.29 is 12.8 Å². The molecule has 7 nitrogen and oxygen atoms in total. The molecule has 0 amide bonds. The summed E-state index contributed by atoms with van der Waals surface area (Å²) in [6.45, 7) is 1.40. The van der Waals surface area contributed by atoms with Gasteiger partial charge in [0.25, 0.3) is 10.0 Å². The first-order valence-corrected chi connectivity index (χ1v) is 10.1. The topological polar surface area (TPSA) is 108 Å². The molecule has 1 unspecified atom stereocenters. The molecule has 4 rings (SSSR count). The predicted molar refractivity (Wildman–Crippen MR) is 102 cm³/mol. The first kappa shape index (κ1) is 17.5. The Labute approximate surface area is 156 Å². The maximum atomic E-state index is 12.6. The summed E-state index contributed by atoms with van der Waals surface area (Å²) < 4.78 is 35.0. The van der Waals surface area contributed by atoms with E-state index in [1.54, 1.807) is 10.6 Å². The normalized spacial score (nSPS) is 16.6. The lowest BCUT2D eigenvalue weighted by Crippen LogP contribution is -2.23. The van der Waals surface area contributed by atoms with Crippen LogP contribution in [0.5, 0.6) is 0 Å². The fourth-order valence-electron chi connectivity index (χ4n) is 3.38. The van der Waals surface area contributed by atoms with Crippen LogP contribution in [-0.4, -0.2) is 18.8 Å². The van der Waals surface area contributed by atoms with Crippen LogP contribution in [0.2, 0.25) is 0 Å². The van der Waals surface area contributed by atoms with Gasteiger partial charge in [0.05, 0.1) is 16.5 Å². The van der Waals surface area contributed by atoms with Crippen LogP contribution in [0.15, 0.2) is 67.0 Å². The second-order valence-corrected chi connectivity index (χ2v) is 8.37. The van der Waals surface area contributed by atoms with Crippen LogP contribution in [0, 0.1) is 5.92 Å². The molecule has 2 aromatic carbocycles. The fourth-order valence-corrected chi connectivity index (χ4v) is 4.36. The SMILES string of the molecule is CC(N)=NS(=O)(=O)c1ccc2c(c1)oc(=O)n2C(c1ccccc1)C1CC1. The Kier molecular flexibility index (Phi) is 4.15. The van der Waals surface area contributed by atoms with E-state index >= 15 is 0 Å². The highest BCUT2D eigenvalue weighted by atomic mass is 32.2. The molecule has 1 fully saturated rings. The summed E-state index contributed by atoms with van der Waals surface area (Å²) in [5.74, 6) is -0.204. The number of sulfonamides is 1. The number of fused-ring (bicyclic) bond motifs is 1. The van der Waals surface area contributed by atoms with Crippen molar-refractivity contribution in [2.24, 2.45) is 16.0 Å². The molecule has 0 aliphatic heterocycles. The molecule has 140 valence electrons. The minimum atomic E-state index is -3.94. The van der Waals surface area contributed by atoms with Gasteiger partial charge in [-0.25, -0.2) is 4.79 Å². The van der Waals surface area contributed by atoms with E-state index in [0.717, 1.165) is 18.4 Å². The van der Waals surface area contributed by atoms with Crippen molar-refractivity contribution in [3.8, 4) is 0 Å². The highest BCUT2D eigenvalue weighted by Crippen LogP contribution is 2.44. The first-order chi connectivity index (χ1) is 12.9. The van der Waals surface area contributed by atoms with E-state index in [1.807, 2.05) is 30.3 Å². The van der Waals surface area contributed by atoms with Crippen molar-refractivity contribution in [1.29, 1.82) is 0 Å². The number of aromatic nitrogens is 1. The monoisotopic (exact) mass is 385 g/mol. The molecule has 2 N–H and O–H groups in total. The van der Waals surface area contributed by atoms with Crippen LogP contribution >= 0.6 is 0 Å². The maximum Gasteiger partial charge on any atom is 0.420 e. The average Bonchev–Trinajstić information content (AvgIpc) is 3.39. The Morgan fingerprint density at radius 2 is 1.93 bits per heavy atom. The van der Waals surface area contributed by atoms with E-state index in [9.17, 15) is 13.2 Å². The Morgan fingerprint density at radius 1 is 1.22 bits per heavy atom. The Balaban J connectivity index is 1.87.